The van der Waals surface area contributed by atoms with E-state index in [4.69, 9.17) is 24.1 Å². The molecule has 6 nitrogen and oxygen atoms in total. The Kier molecular flexibility index (Phi) is 8.44. The summed E-state index contributed by atoms with van der Waals surface area (Å²) < 4.78 is 24.4. The second-order valence-electron chi connectivity index (χ2n) is 10.2. The zero-order chi connectivity index (χ0) is 27.4. The number of hydrogen-bond donors (Lipinski definition) is 1. The van der Waals surface area contributed by atoms with Crippen LogP contribution in [0.15, 0.2) is 48.5 Å². The molecule has 3 aromatic rings. The van der Waals surface area contributed by atoms with Gasteiger partial charge in [0.15, 0.2) is 0 Å². The van der Waals surface area contributed by atoms with E-state index >= 15 is 0 Å². The zero-order valence-corrected chi connectivity index (χ0v) is 23.2. The zero-order valence-electron chi connectivity index (χ0n) is 23.2. The van der Waals surface area contributed by atoms with E-state index in [1.165, 1.54) is 16.7 Å². The van der Waals surface area contributed by atoms with E-state index < -0.39 is 5.60 Å². The summed E-state index contributed by atoms with van der Waals surface area (Å²) in [5.74, 6) is 2.63. The van der Waals surface area contributed by atoms with Crippen LogP contribution in [0.3, 0.4) is 0 Å². The number of carbonyl (C=O) groups is 1. The second-order valence-corrected chi connectivity index (χ2v) is 10.2. The standard InChI is InChI=1S/C31H34O5.CH4O/c1-6-33-30-29-20(3)28(19(2)14-27(29)36-31(30,4)5)22-9-7-8-21(15-22)17-34-24-10-11-25-23(12-13-32)18-35-26(25)16-24;1-2/h7-11,13-16,23,30H,6,12,17-18H2,1-5H3;2H,1H3. The number of benzene rings is 3. The molecule has 0 radical (unpaired) electrons. The van der Waals surface area contributed by atoms with Crippen molar-refractivity contribution in [2.75, 3.05) is 20.3 Å². The summed E-state index contributed by atoms with van der Waals surface area (Å²) in [6.07, 6.45) is 1.34. The lowest BCUT2D eigenvalue weighted by atomic mass is 9.87. The number of aryl methyl sites for hydroxylation is 1. The number of aliphatic hydroxyl groups is 1. The summed E-state index contributed by atoms with van der Waals surface area (Å²) >= 11 is 0. The smallest absolute Gasteiger partial charge is 0.134 e. The first kappa shape index (κ1) is 27.7. The van der Waals surface area contributed by atoms with Crippen LogP contribution < -0.4 is 14.2 Å². The van der Waals surface area contributed by atoms with Crippen LogP contribution in [0.25, 0.3) is 11.1 Å². The highest BCUT2D eigenvalue weighted by molar-refractivity contribution is 5.75. The topological polar surface area (TPSA) is 74.2 Å². The Labute approximate surface area is 225 Å². The fourth-order valence-corrected chi connectivity index (χ4v) is 5.59. The molecule has 3 aromatic carbocycles. The number of hydrogen-bond acceptors (Lipinski definition) is 6. The third-order valence-corrected chi connectivity index (χ3v) is 7.25. The average molecular weight is 519 g/mol. The molecule has 5 rings (SSSR count). The largest absolute Gasteiger partial charge is 0.492 e. The predicted molar refractivity (Wildman–Crippen MR) is 148 cm³/mol. The highest BCUT2D eigenvalue weighted by Crippen LogP contribution is 2.50. The number of aldehydes is 1. The van der Waals surface area contributed by atoms with Crippen molar-refractivity contribution >= 4 is 6.29 Å². The lowest BCUT2D eigenvalue weighted by molar-refractivity contribution is -0.108. The minimum absolute atomic E-state index is 0.100. The molecule has 2 aliphatic rings. The minimum atomic E-state index is -0.406. The summed E-state index contributed by atoms with van der Waals surface area (Å²) in [4.78, 5) is 10.9. The van der Waals surface area contributed by atoms with Crippen LogP contribution in [0.5, 0.6) is 17.2 Å². The van der Waals surface area contributed by atoms with E-state index in [0.29, 0.717) is 26.2 Å². The molecule has 6 heteroatoms. The van der Waals surface area contributed by atoms with E-state index in [1.54, 1.807) is 0 Å². The summed E-state index contributed by atoms with van der Waals surface area (Å²) in [7, 11) is 1.00. The van der Waals surface area contributed by atoms with Gasteiger partial charge in [0.25, 0.3) is 0 Å². The normalized spacial score (nSPS) is 18.4. The molecule has 0 aliphatic carbocycles. The van der Waals surface area contributed by atoms with E-state index in [-0.39, 0.29) is 12.0 Å². The van der Waals surface area contributed by atoms with Gasteiger partial charge in [0.05, 0.1) is 6.61 Å². The van der Waals surface area contributed by atoms with Gasteiger partial charge >= 0.3 is 0 Å². The van der Waals surface area contributed by atoms with Gasteiger partial charge in [-0.25, -0.2) is 0 Å². The third-order valence-electron chi connectivity index (χ3n) is 7.25. The Hall–Kier alpha value is -3.35. The van der Waals surface area contributed by atoms with E-state index in [0.717, 1.165) is 52.9 Å². The molecule has 38 heavy (non-hydrogen) atoms. The fraction of sp³-hybridized carbons (Fsp3) is 0.406. The monoisotopic (exact) mass is 518 g/mol. The molecule has 202 valence electrons. The van der Waals surface area contributed by atoms with Crippen LogP contribution in [0.1, 0.15) is 67.0 Å². The Balaban J connectivity index is 0.00000164. The van der Waals surface area contributed by atoms with E-state index in [1.807, 2.05) is 25.1 Å². The average Bonchev–Trinajstić information content (AvgIpc) is 3.41. The lowest BCUT2D eigenvalue weighted by Crippen LogP contribution is -2.32. The maximum absolute atomic E-state index is 10.9. The highest BCUT2D eigenvalue weighted by Gasteiger charge is 2.43. The van der Waals surface area contributed by atoms with Crippen molar-refractivity contribution in [2.45, 2.75) is 65.3 Å². The Morgan fingerprint density at radius 3 is 2.61 bits per heavy atom. The van der Waals surface area contributed by atoms with Gasteiger partial charge < -0.3 is 28.8 Å². The summed E-state index contributed by atoms with van der Waals surface area (Å²) in [5, 5.41) is 7.00. The second kappa shape index (κ2) is 11.6. The van der Waals surface area contributed by atoms with Crippen molar-refractivity contribution in [2.24, 2.45) is 0 Å². The Morgan fingerprint density at radius 2 is 1.87 bits per heavy atom. The minimum Gasteiger partial charge on any atom is -0.492 e. The van der Waals surface area contributed by atoms with Crippen molar-refractivity contribution in [3.63, 3.8) is 0 Å². The van der Waals surface area contributed by atoms with Crippen LogP contribution in [-0.4, -0.2) is 37.3 Å². The van der Waals surface area contributed by atoms with Crippen molar-refractivity contribution in [1.29, 1.82) is 0 Å². The third kappa shape index (κ3) is 5.29. The molecular weight excluding hydrogens is 480 g/mol. The first-order chi connectivity index (χ1) is 18.3. The van der Waals surface area contributed by atoms with Crippen molar-refractivity contribution in [3.8, 4) is 28.4 Å². The van der Waals surface area contributed by atoms with Crippen LogP contribution in [0.2, 0.25) is 0 Å². The van der Waals surface area contributed by atoms with Crippen LogP contribution in [-0.2, 0) is 16.1 Å². The van der Waals surface area contributed by atoms with Gasteiger partial charge in [0, 0.05) is 43.2 Å². The molecule has 2 aliphatic heterocycles. The maximum atomic E-state index is 10.9. The molecule has 0 saturated carbocycles. The Morgan fingerprint density at radius 1 is 1.08 bits per heavy atom. The van der Waals surface area contributed by atoms with Gasteiger partial charge in [-0.15, -0.1) is 0 Å². The number of ether oxygens (including phenoxy) is 4. The number of aliphatic hydroxyl groups excluding tert-OH is 1. The number of fused-ring (bicyclic) bond motifs is 2. The molecule has 2 unspecified atom stereocenters. The molecule has 0 spiro atoms. The van der Waals surface area contributed by atoms with Gasteiger partial charge in [-0.1, -0.05) is 24.3 Å². The molecule has 0 bridgehead atoms. The van der Waals surface area contributed by atoms with Gasteiger partial charge in [0.2, 0.25) is 0 Å². The quantitative estimate of drug-likeness (QED) is 0.345. The number of rotatable bonds is 8. The predicted octanol–water partition coefficient (Wildman–Crippen LogP) is 6.47. The molecule has 0 aromatic heterocycles. The Bertz CT molecular complexity index is 1300. The summed E-state index contributed by atoms with van der Waals surface area (Å²) in [6.45, 7) is 12.1. The van der Waals surface area contributed by atoms with Gasteiger partial charge in [-0.2, -0.15) is 0 Å². The van der Waals surface area contributed by atoms with Gasteiger partial charge in [-0.3, -0.25) is 0 Å². The molecular formula is C32H38O6. The molecule has 2 atom stereocenters. The SMILES string of the molecule is CCOC1c2c(cc(C)c(-c3cccc(COc4ccc5c(c4)OCC5CC=O)c3)c2C)OC1(C)C.CO. The highest BCUT2D eigenvalue weighted by atomic mass is 16.6. The summed E-state index contributed by atoms with van der Waals surface area (Å²) in [6, 6.07) is 16.5. The lowest BCUT2D eigenvalue weighted by Gasteiger charge is -2.26. The summed E-state index contributed by atoms with van der Waals surface area (Å²) in [5.41, 5.74) is 7.66. The molecule has 1 N–H and O–H groups in total. The van der Waals surface area contributed by atoms with Crippen molar-refractivity contribution < 1.29 is 28.8 Å². The maximum Gasteiger partial charge on any atom is 0.134 e. The molecule has 2 heterocycles. The van der Waals surface area contributed by atoms with Crippen LogP contribution >= 0.6 is 0 Å². The van der Waals surface area contributed by atoms with E-state index in [9.17, 15) is 4.79 Å². The van der Waals surface area contributed by atoms with Gasteiger partial charge in [-0.05, 0) is 80.6 Å². The fourth-order valence-electron chi connectivity index (χ4n) is 5.59. The van der Waals surface area contributed by atoms with Crippen LogP contribution in [0.4, 0.5) is 0 Å². The first-order valence-electron chi connectivity index (χ1n) is 13.1. The number of carbonyl (C=O) groups excluding carboxylic acids is 1. The van der Waals surface area contributed by atoms with E-state index in [2.05, 4.69) is 58.0 Å². The van der Waals surface area contributed by atoms with Crippen LogP contribution in [0, 0.1) is 13.8 Å². The van der Waals surface area contributed by atoms with Crippen molar-refractivity contribution in [3.05, 3.63) is 76.3 Å². The first-order valence-corrected chi connectivity index (χ1v) is 13.1. The molecule has 0 fully saturated rings. The molecule has 0 amide bonds. The van der Waals surface area contributed by atoms with Crippen molar-refractivity contribution in [1.82, 2.24) is 0 Å². The molecule has 0 saturated heterocycles. The van der Waals surface area contributed by atoms with Gasteiger partial charge in [0.1, 0.15) is 41.8 Å².